The van der Waals surface area contributed by atoms with Gasteiger partial charge in [-0.1, -0.05) is 54.4 Å². The van der Waals surface area contributed by atoms with Crippen molar-refractivity contribution in [1.29, 1.82) is 5.26 Å². The van der Waals surface area contributed by atoms with E-state index in [-0.39, 0.29) is 17.2 Å². The predicted octanol–water partition coefficient (Wildman–Crippen LogP) is 6.15. The van der Waals surface area contributed by atoms with Crippen LogP contribution in [0.1, 0.15) is 36.5 Å². The molecule has 1 aliphatic rings. The molecule has 0 spiro atoms. The zero-order valence-electron chi connectivity index (χ0n) is 19.0. The Kier molecular flexibility index (Phi) is 7.20. The molecule has 0 saturated carbocycles. The minimum atomic E-state index is -0.835. The number of halogens is 2. The Labute approximate surface area is 213 Å². The zero-order valence-corrected chi connectivity index (χ0v) is 20.6. The predicted molar refractivity (Wildman–Crippen MR) is 134 cm³/mol. The molecule has 1 aliphatic heterocycles. The van der Waals surface area contributed by atoms with Crippen LogP contribution in [0.5, 0.6) is 17.2 Å². The summed E-state index contributed by atoms with van der Waals surface area (Å²) in [6.07, 6.45) is 0.0817. The normalized spacial score (nSPS) is 15.5. The number of nitriles is 1. The van der Waals surface area contributed by atoms with Gasteiger partial charge in [0.1, 0.15) is 28.9 Å². The van der Waals surface area contributed by atoms with E-state index in [1.54, 1.807) is 43.3 Å². The van der Waals surface area contributed by atoms with E-state index in [1.165, 1.54) is 5.56 Å². The molecular formula is C27H22Cl2N2O4. The lowest BCUT2D eigenvalue weighted by Gasteiger charge is -2.27. The number of nitrogens with zero attached hydrogens (tertiary/aromatic N) is 1. The minimum absolute atomic E-state index is 0.0354. The number of rotatable bonds is 6. The first-order valence-corrected chi connectivity index (χ1v) is 11.7. The van der Waals surface area contributed by atoms with Crippen LogP contribution in [0.2, 0.25) is 10.0 Å². The Bertz CT molecular complexity index is 1350. The van der Waals surface area contributed by atoms with Crippen LogP contribution in [-0.4, -0.2) is 12.1 Å². The fraction of sp³-hybridized carbons (Fsp3) is 0.185. The van der Waals surface area contributed by atoms with E-state index in [4.69, 9.17) is 43.1 Å². The average Bonchev–Trinajstić information content (AvgIpc) is 2.85. The molecule has 0 bridgehead atoms. The SMILES string of the molecule is CCc1ccc(OC(C)C(=O)Oc2ccc3c(c2)OC(N)=C(C#N)C3c2ccc(Cl)c(Cl)c2)cc1. The van der Waals surface area contributed by atoms with Crippen molar-refractivity contribution >= 4 is 29.2 Å². The van der Waals surface area contributed by atoms with Crippen LogP contribution in [-0.2, 0) is 11.2 Å². The van der Waals surface area contributed by atoms with Crippen molar-refractivity contribution in [3.8, 4) is 23.3 Å². The fourth-order valence-electron chi connectivity index (χ4n) is 3.79. The van der Waals surface area contributed by atoms with Gasteiger partial charge >= 0.3 is 5.97 Å². The molecular weight excluding hydrogens is 487 g/mol. The summed E-state index contributed by atoms with van der Waals surface area (Å²) in [7, 11) is 0. The Balaban J connectivity index is 1.56. The average molecular weight is 509 g/mol. The molecule has 0 saturated heterocycles. The quantitative estimate of drug-likeness (QED) is 0.317. The van der Waals surface area contributed by atoms with Crippen molar-refractivity contribution in [3.63, 3.8) is 0 Å². The molecule has 3 aromatic rings. The number of esters is 1. The van der Waals surface area contributed by atoms with Gasteiger partial charge < -0.3 is 19.9 Å². The highest BCUT2D eigenvalue weighted by Gasteiger charge is 2.31. The summed E-state index contributed by atoms with van der Waals surface area (Å²) in [5.41, 5.74) is 8.88. The van der Waals surface area contributed by atoms with Gasteiger partial charge in [0.25, 0.3) is 0 Å². The number of carbonyl (C=O) groups is 1. The molecule has 3 aromatic carbocycles. The molecule has 2 N–H and O–H groups in total. The van der Waals surface area contributed by atoms with Crippen LogP contribution < -0.4 is 19.9 Å². The number of allylic oxidation sites excluding steroid dienone is 1. The maximum absolute atomic E-state index is 12.6. The van der Waals surface area contributed by atoms with E-state index in [0.717, 1.165) is 12.0 Å². The van der Waals surface area contributed by atoms with Crippen LogP contribution >= 0.6 is 23.2 Å². The molecule has 35 heavy (non-hydrogen) atoms. The highest BCUT2D eigenvalue weighted by atomic mass is 35.5. The Morgan fingerprint density at radius 2 is 1.80 bits per heavy atom. The second-order valence-corrected chi connectivity index (χ2v) is 8.79. The molecule has 0 fully saturated rings. The third-order valence-corrected chi connectivity index (χ3v) is 6.40. The van der Waals surface area contributed by atoms with Crippen molar-refractivity contribution in [2.45, 2.75) is 32.3 Å². The molecule has 178 valence electrons. The van der Waals surface area contributed by atoms with Crippen molar-refractivity contribution < 1.29 is 19.0 Å². The van der Waals surface area contributed by atoms with E-state index in [0.29, 0.717) is 27.1 Å². The summed E-state index contributed by atoms with van der Waals surface area (Å²) in [6.45, 7) is 3.68. The van der Waals surface area contributed by atoms with E-state index in [1.807, 2.05) is 24.3 Å². The molecule has 0 amide bonds. The Morgan fingerprint density at radius 3 is 2.46 bits per heavy atom. The summed E-state index contributed by atoms with van der Waals surface area (Å²) in [5.74, 6) is 0.0797. The summed E-state index contributed by atoms with van der Waals surface area (Å²) >= 11 is 12.3. The maximum Gasteiger partial charge on any atom is 0.352 e. The number of aryl methyl sites for hydroxylation is 1. The van der Waals surface area contributed by atoms with Gasteiger partial charge in [-0.2, -0.15) is 5.26 Å². The molecule has 4 rings (SSSR count). The number of hydrogen-bond donors (Lipinski definition) is 1. The lowest BCUT2D eigenvalue weighted by Crippen LogP contribution is -2.28. The van der Waals surface area contributed by atoms with Gasteiger partial charge in [-0.3, -0.25) is 0 Å². The number of nitrogens with two attached hydrogens (primary N) is 1. The first kappa shape index (κ1) is 24.5. The molecule has 2 unspecified atom stereocenters. The van der Waals surface area contributed by atoms with Gasteiger partial charge in [0.2, 0.25) is 5.88 Å². The van der Waals surface area contributed by atoms with Crippen LogP contribution in [0.15, 0.2) is 72.1 Å². The number of benzene rings is 3. The number of fused-ring (bicyclic) bond motifs is 1. The second-order valence-electron chi connectivity index (χ2n) is 7.98. The first-order chi connectivity index (χ1) is 16.8. The van der Waals surface area contributed by atoms with Gasteiger partial charge in [-0.15, -0.1) is 0 Å². The molecule has 1 heterocycles. The van der Waals surface area contributed by atoms with Gasteiger partial charge in [0, 0.05) is 11.6 Å². The number of carbonyl (C=O) groups excluding carboxylic acids is 1. The molecule has 0 radical (unpaired) electrons. The van der Waals surface area contributed by atoms with Gasteiger partial charge in [-0.25, -0.2) is 4.79 Å². The first-order valence-electron chi connectivity index (χ1n) is 10.9. The standard InChI is InChI=1S/C27H22Cl2N2O4/c1-3-16-4-7-18(8-5-16)33-15(2)27(32)34-19-9-10-20-24(13-19)35-26(31)21(14-30)25(20)17-6-11-22(28)23(29)12-17/h4-13,15,25H,3,31H2,1-2H3. The van der Waals surface area contributed by atoms with E-state index in [9.17, 15) is 10.1 Å². The van der Waals surface area contributed by atoms with Gasteiger partial charge in [-0.05, 0) is 54.8 Å². The summed E-state index contributed by atoms with van der Waals surface area (Å²) in [5, 5.41) is 10.5. The van der Waals surface area contributed by atoms with Crippen LogP contribution in [0.25, 0.3) is 0 Å². The molecule has 2 atom stereocenters. The highest BCUT2D eigenvalue weighted by Crippen LogP contribution is 2.44. The van der Waals surface area contributed by atoms with Crippen LogP contribution in [0.4, 0.5) is 0 Å². The van der Waals surface area contributed by atoms with Gasteiger partial charge in [0.05, 0.1) is 16.0 Å². The van der Waals surface area contributed by atoms with E-state index >= 15 is 0 Å². The molecule has 8 heteroatoms. The summed E-state index contributed by atoms with van der Waals surface area (Å²) in [4.78, 5) is 12.6. The number of ether oxygens (including phenoxy) is 3. The third kappa shape index (κ3) is 5.22. The van der Waals surface area contributed by atoms with Crippen LogP contribution in [0.3, 0.4) is 0 Å². The van der Waals surface area contributed by atoms with Gasteiger partial charge in [0.15, 0.2) is 6.10 Å². The minimum Gasteiger partial charge on any atom is -0.479 e. The Hall–Kier alpha value is -3.66. The third-order valence-electron chi connectivity index (χ3n) is 5.66. The lowest BCUT2D eigenvalue weighted by molar-refractivity contribution is -0.141. The van der Waals surface area contributed by atoms with Crippen molar-refractivity contribution in [3.05, 3.63) is 98.9 Å². The second kappa shape index (κ2) is 10.3. The monoisotopic (exact) mass is 508 g/mol. The topological polar surface area (TPSA) is 94.6 Å². The Morgan fingerprint density at radius 1 is 1.09 bits per heavy atom. The maximum atomic E-state index is 12.6. The van der Waals surface area contributed by atoms with E-state index in [2.05, 4.69) is 13.0 Å². The molecule has 0 aliphatic carbocycles. The fourth-order valence-corrected chi connectivity index (χ4v) is 4.10. The van der Waals surface area contributed by atoms with E-state index < -0.39 is 18.0 Å². The van der Waals surface area contributed by atoms with Crippen molar-refractivity contribution in [1.82, 2.24) is 0 Å². The number of hydrogen-bond acceptors (Lipinski definition) is 6. The van der Waals surface area contributed by atoms with Crippen molar-refractivity contribution in [2.75, 3.05) is 0 Å². The molecule has 0 aromatic heterocycles. The largest absolute Gasteiger partial charge is 0.479 e. The molecule has 6 nitrogen and oxygen atoms in total. The summed E-state index contributed by atoms with van der Waals surface area (Å²) in [6, 6.07) is 19.7. The zero-order chi connectivity index (χ0) is 25.1. The van der Waals surface area contributed by atoms with Crippen molar-refractivity contribution in [2.24, 2.45) is 5.73 Å². The lowest BCUT2D eigenvalue weighted by atomic mass is 9.83. The van der Waals surface area contributed by atoms with Crippen LogP contribution in [0, 0.1) is 11.3 Å². The highest BCUT2D eigenvalue weighted by molar-refractivity contribution is 6.42. The smallest absolute Gasteiger partial charge is 0.352 e. The summed E-state index contributed by atoms with van der Waals surface area (Å²) < 4.78 is 16.9.